The van der Waals surface area contributed by atoms with Crippen LogP contribution in [0.4, 0.5) is 5.69 Å². The van der Waals surface area contributed by atoms with Gasteiger partial charge in [-0.25, -0.2) is 0 Å². The Bertz CT molecular complexity index is 815. The summed E-state index contributed by atoms with van der Waals surface area (Å²) in [6.45, 7) is 4.24. The number of ether oxygens (including phenoxy) is 2. The zero-order valence-corrected chi connectivity index (χ0v) is 18.4. The van der Waals surface area contributed by atoms with Crippen LogP contribution in [0.3, 0.4) is 0 Å². The molecule has 0 unspecified atom stereocenters. The standard InChI is InChI=1S/C22H29N3O4.ClH/c1-4-22(5-2,15-23)25-21(27)16-9-11-18(12-10-16)29-14-20(26)24-17-7-6-8-19(13-17)28-3;/h6-13H,4-5,14-15,23H2,1-3H3,(H,24,26)(H,25,27);1H. The number of nitrogens with one attached hydrogen (secondary N) is 2. The molecule has 0 saturated carbocycles. The molecule has 0 heterocycles. The predicted molar refractivity (Wildman–Crippen MR) is 121 cm³/mol. The molecule has 0 fully saturated rings. The largest absolute Gasteiger partial charge is 0.497 e. The zero-order chi connectivity index (χ0) is 21.3. The molecule has 8 heteroatoms. The van der Waals surface area contributed by atoms with E-state index < -0.39 is 5.54 Å². The summed E-state index contributed by atoms with van der Waals surface area (Å²) in [4.78, 5) is 24.6. The van der Waals surface area contributed by atoms with Crippen molar-refractivity contribution in [2.24, 2.45) is 5.73 Å². The first kappa shape index (κ1) is 25.3. The van der Waals surface area contributed by atoms with Gasteiger partial charge in [0.05, 0.1) is 12.6 Å². The topological polar surface area (TPSA) is 103 Å². The van der Waals surface area contributed by atoms with E-state index in [1.165, 1.54) is 0 Å². The van der Waals surface area contributed by atoms with Crippen LogP contribution in [0.15, 0.2) is 48.5 Å². The molecule has 0 atom stereocenters. The first-order chi connectivity index (χ1) is 13.9. The van der Waals surface area contributed by atoms with Gasteiger partial charge < -0.3 is 25.8 Å². The average Bonchev–Trinajstić information content (AvgIpc) is 2.76. The van der Waals surface area contributed by atoms with Crippen molar-refractivity contribution in [3.05, 3.63) is 54.1 Å². The van der Waals surface area contributed by atoms with Gasteiger partial charge in [0.15, 0.2) is 6.61 Å². The molecule has 0 radical (unpaired) electrons. The highest BCUT2D eigenvalue weighted by atomic mass is 35.5. The Morgan fingerprint density at radius 2 is 1.70 bits per heavy atom. The lowest BCUT2D eigenvalue weighted by Crippen LogP contribution is -2.52. The third-order valence-electron chi connectivity index (χ3n) is 4.96. The molecule has 0 spiro atoms. The molecule has 30 heavy (non-hydrogen) atoms. The molecule has 164 valence electrons. The monoisotopic (exact) mass is 435 g/mol. The summed E-state index contributed by atoms with van der Waals surface area (Å²) in [5.41, 5.74) is 6.58. The highest BCUT2D eigenvalue weighted by molar-refractivity contribution is 5.95. The second-order valence-electron chi connectivity index (χ2n) is 6.74. The van der Waals surface area contributed by atoms with E-state index >= 15 is 0 Å². The van der Waals surface area contributed by atoms with Crippen molar-refractivity contribution in [2.45, 2.75) is 32.2 Å². The van der Waals surface area contributed by atoms with Gasteiger partial charge in [-0.1, -0.05) is 19.9 Å². The first-order valence-electron chi connectivity index (χ1n) is 9.64. The van der Waals surface area contributed by atoms with Crippen LogP contribution in [0.5, 0.6) is 11.5 Å². The van der Waals surface area contributed by atoms with Crippen LogP contribution in [-0.2, 0) is 4.79 Å². The van der Waals surface area contributed by atoms with Gasteiger partial charge in [-0.05, 0) is 49.2 Å². The Morgan fingerprint density at radius 3 is 2.27 bits per heavy atom. The fraction of sp³-hybridized carbons (Fsp3) is 0.364. The van der Waals surface area contributed by atoms with Crippen molar-refractivity contribution >= 4 is 29.9 Å². The normalized spacial score (nSPS) is 10.5. The molecule has 4 N–H and O–H groups in total. The third-order valence-corrected chi connectivity index (χ3v) is 4.96. The second kappa shape index (κ2) is 12.0. The predicted octanol–water partition coefficient (Wildman–Crippen LogP) is 3.38. The number of methoxy groups -OCH3 is 1. The number of amides is 2. The first-order valence-corrected chi connectivity index (χ1v) is 9.64. The van der Waals surface area contributed by atoms with Gasteiger partial charge in [0.2, 0.25) is 0 Å². The number of rotatable bonds is 10. The molecular formula is C22H30ClN3O4. The van der Waals surface area contributed by atoms with E-state index in [9.17, 15) is 9.59 Å². The highest BCUT2D eigenvalue weighted by Gasteiger charge is 2.26. The second-order valence-corrected chi connectivity index (χ2v) is 6.74. The summed E-state index contributed by atoms with van der Waals surface area (Å²) < 4.78 is 10.6. The lowest BCUT2D eigenvalue weighted by molar-refractivity contribution is -0.118. The zero-order valence-electron chi connectivity index (χ0n) is 17.6. The van der Waals surface area contributed by atoms with Crippen LogP contribution in [0.25, 0.3) is 0 Å². The Balaban J connectivity index is 0.00000450. The van der Waals surface area contributed by atoms with Crippen molar-refractivity contribution in [3.63, 3.8) is 0 Å². The molecule has 0 aliphatic rings. The summed E-state index contributed by atoms with van der Waals surface area (Å²) in [5.74, 6) is 0.681. The van der Waals surface area contributed by atoms with E-state index in [1.54, 1.807) is 55.6 Å². The van der Waals surface area contributed by atoms with Gasteiger partial charge in [0.1, 0.15) is 11.5 Å². The van der Waals surface area contributed by atoms with E-state index in [1.807, 2.05) is 13.8 Å². The summed E-state index contributed by atoms with van der Waals surface area (Å²) in [7, 11) is 1.56. The maximum Gasteiger partial charge on any atom is 0.262 e. The number of nitrogens with two attached hydrogens (primary N) is 1. The maximum absolute atomic E-state index is 12.5. The molecule has 0 aliphatic carbocycles. The Morgan fingerprint density at radius 1 is 1.03 bits per heavy atom. The fourth-order valence-corrected chi connectivity index (χ4v) is 2.83. The molecule has 2 aromatic rings. The van der Waals surface area contributed by atoms with Crippen molar-refractivity contribution in [1.82, 2.24) is 5.32 Å². The highest BCUT2D eigenvalue weighted by Crippen LogP contribution is 2.18. The summed E-state index contributed by atoms with van der Waals surface area (Å²) in [6.07, 6.45) is 1.52. The summed E-state index contributed by atoms with van der Waals surface area (Å²) in [5, 5.41) is 5.76. The number of halogens is 1. The van der Waals surface area contributed by atoms with Crippen LogP contribution in [-0.4, -0.2) is 37.6 Å². The minimum Gasteiger partial charge on any atom is -0.497 e. The van der Waals surface area contributed by atoms with Gasteiger partial charge in [0, 0.05) is 23.9 Å². The molecule has 0 saturated heterocycles. The molecule has 2 rings (SSSR count). The van der Waals surface area contributed by atoms with E-state index in [4.69, 9.17) is 15.2 Å². The summed E-state index contributed by atoms with van der Waals surface area (Å²) in [6, 6.07) is 13.7. The van der Waals surface area contributed by atoms with Gasteiger partial charge in [-0.2, -0.15) is 0 Å². The summed E-state index contributed by atoms with van der Waals surface area (Å²) >= 11 is 0. The SMILES string of the molecule is CCC(CC)(CN)NC(=O)c1ccc(OCC(=O)Nc2cccc(OC)c2)cc1.Cl. The van der Waals surface area contributed by atoms with Gasteiger partial charge in [-0.15, -0.1) is 12.4 Å². The number of hydrogen-bond acceptors (Lipinski definition) is 5. The molecule has 0 bridgehead atoms. The molecule has 0 aliphatic heterocycles. The molecule has 7 nitrogen and oxygen atoms in total. The van der Waals surface area contributed by atoms with Crippen LogP contribution < -0.4 is 25.8 Å². The van der Waals surface area contributed by atoms with Gasteiger partial charge >= 0.3 is 0 Å². The lowest BCUT2D eigenvalue weighted by Gasteiger charge is -2.31. The van der Waals surface area contributed by atoms with Gasteiger partial charge in [0.25, 0.3) is 11.8 Å². The quantitative estimate of drug-likeness (QED) is 0.530. The van der Waals surface area contributed by atoms with Crippen molar-refractivity contribution in [3.8, 4) is 11.5 Å². The minimum atomic E-state index is -0.398. The molecular weight excluding hydrogens is 406 g/mol. The van der Waals surface area contributed by atoms with Crippen LogP contribution in [0, 0.1) is 0 Å². The number of hydrogen-bond donors (Lipinski definition) is 3. The van der Waals surface area contributed by atoms with E-state index in [0.29, 0.717) is 29.3 Å². The van der Waals surface area contributed by atoms with E-state index in [0.717, 1.165) is 12.8 Å². The maximum atomic E-state index is 12.5. The molecule has 2 aromatic carbocycles. The van der Waals surface area contributed by atoms with Crippen LogP contribution in [0.1, 0.15) is 37.0 Å². The Kier molecular flexibility index (Phi) is 10.1. The number of carbonyl (C=O) groups excluding carboxylic acids is 2. The Hall–Kier alpha value is -2.77. The molecule has 2 amide bonds. The van der Waals surface area contributed by atoms with Gasteiger partial charge in [-0.3, -0.25) is 9.59 Å². The molecule has 0 aromatic heterocycles. The lowest BCUT2D eigenvalue weighted by atomic mass is 9.92. The van der Waals surface area contributed by atoms with E-state index in [-0.39, 0.29) is 30.8 Å². The van der Waals surface area contributed by atoms with Crippen molar-refractivity contribution in [2.75, 3.05) is 25.6 Å². The smallest absolute Gasteiger partial charge is 0.262 e. The van der Waals surface area contributed by atoms with Crippen LogP contribution in [0.2, 0.25) is 0 Å². The Labute approximate surface area is 183 Å². The number of anilines is 1. The minimum absolute atomic E-state index is 0. The average molecular weight is 436 g/mol. The van der Waals surface area contributed by atoms with Crippen molar-refractivity contribution in [1.29, 1.82) is 0 Å². The number of benzene rings is 2. The fourth-order valence-electron chi connectivity index (χ4n) is 2.83. The number of carbonyl (C=O) groups is 2. The van der Waals surface area contributed by atoms with E-state index in [2.05, 4.69) is 10.6 Å². The van der Waals surface area contributed by atoms with Crippen LogP contribution >= 0.6 is 12.4 Å². The van der Waals surface area contributed by atoms with Crippen molar-refractivity contribution < 1.29 is 19.1 Å². The third kappa shape index (κ3) is 6.93.